The van der Waals surface area contributed by atoms with Crippen molar-refractivity contribution < 1.29 is 19.2 Å². The smallest absolute Gasteiger partial charge is 0.312 e. The minimum Gasteiger partial charge on any atom is -0.490 e. The Hall–Kier alpha value is -1.82. The number of esters is 1. The van der Waals surface area contributed by atoms with Crippen molar-refractivity contribution in [3.8, 4) is 5.75 Å². The molecule has 0 atom stereocenters. The van der Waals surface area contributed by atoms with Crippen LogP contribution in [0.3, 0.4) is 0 Å². The predicted octanol–water partition coefficient (Wildman–Crippen LogP) is 1.97. The van der Waals surface area contributed by atoms with Crippen LogP contribution in [0.25, 0.3) is 0 Å². The van der Waals surface area contributed by atoms with Crippen LogP contribution in [-0.4, -0.2) is 25.1 Å². The van der Waals surface area contributed by atoms with Crippen LogP contribution in [0.4, 0.5) is 5.69 Å². The van der Waals surface area contributed by atoms with E-state index in [2.05, 4.69) is 4.74 Å². The molecule has 6 nitrogen and oxygen atoms in total. The van der Waals surface area contributed by atoms with E-state index in [1.165, 1.54) is 20.3 Å². The van der Waals surface area contributed by atoms with Gasteiger partial charge in [0, 0.05) is 6.07 Å². The van der Waals surface area contributed by atoms with Crippen LogP contribution >= 0.6 is 11.6 Å². The highest BCUT2D eigenvalue weighted by Gasteiger charge is 2.19. The number of carbonyl (C=O) groups is 1. The molecule has 17 heavy (non-hydrogen) atoms. The number of nitrogens with zero attached hydrogens (tertiary/aromatic N) is 1. The second-order valence-electron chi connectivity index (χ2n) is 3.13. The molecule has 0 fully saturated rings. The van der Waals surface area contributed by atoms with Gasteiger partial charge in [0.2, 0.25) is 0 Å². The van der Waals surface area contributed by atoms with Gasteiger partial charge in [-0.3, -0.25) is 14.9 Å². The van der Waals surface area contributed by atoms with E-state index in [9.17, 15) is 14.9 Å². The summed E-state index contributed by atoms with van der Waals surface area (Å²) in [5.41, 5.74) is 0.173. The van der Waals surface area contributed by atoms with E-state index < -0.39 is 10.9 Å². The molecule has 0 aliphatic carbocycles. The first kappa shape index (κ1) is 13.2. The van der Waals surface area contributed by atoms with E-state index in [0.717, 1.165) is 6.07 Å². The molecule has 0 N–H and O–H groups in total. The molecular weight excluding hydrogens is 250 g/mol. The van der Waals surface area contributed by atoms with Crippen molar-refractivity contribution in [3.05, 3.63) is 32.8 Å². The molecule has 0 aliphatic rings. The van der Waals surface area contributed by atoms with E-state index in [1.54, 1.807) is 0 Å². The van der Waals surface area contributed by atoms with Crippen LogP contribution < -0.4 is 4.74 Å². The van der Waals surface area contributed by atoms with E-state index >= 15 is 0 Å². The second-order valence-corrected chi connectivity index (χ2v) is 3.53. The molecule has 0 saturated carbocycles. The van der Waals surface area contributed by atoms with Gasteiger partial charge >= 0.3 is 11.7 Å². The Bertz CT molecular complexity index is 460. The SMILES string of the molecule is COC(=O)Cc1cc(OC)c([N+](=O)[O-])cc1Cl. The standard InChI is InChI=1S/C10H10ClNO5/c1-16-9-3-6(4-10(13)17-2)7(11)5-8(9)12(14)15/h3,5H,4H2,1-2H3. The van der Waals surface area contributed by atoms with Gasteiger partial charge in [0.1, 0.15) is 0 Å². The Kier molecular flexibility index (Phi) is 4.28. The first-order chi connectivity index (χ1) is 7.99. The summed E-state index contributed by atoms with van der Waals surface area (Å²) < 4.78 is 9.35. The fraction of sp³-hybridized carbons (Fsp3) is 0.300. The molecule has 92 valence electrons. The number of nitro groups is 1. The number of rotatable bonds is 4. The number of nitro benzene ring substituents is 1. The van der Waals surface area contributed by atoms with Gasteiger partial charge in [-0.1, -0.05) is 11.6 Å². The molecule has 0 amide bonds. The van der Waals surface area contributed by atoms with Crippen LogP contribution in [0, 0.1) is 10.1 Å². The summed E-state index contributed by atoms with van der Waals surface area (Å²) in [6.07, 6.45) is -0.0658. The second kappa shape index (κ2) is 5.49. The van der Waals surface area contributed by atoms with Gasteiger partial charge in [0.15, 0.2) is 5.75 Å². The summed E-state index contributed by atoms with van der Waals surface area (Å²) in [7, 11) is 2.55. The number of carbonyl (C=O) groups excluding carboxylic acids is 1. The number of methoxy groups -OCH3 is 2. The highest BCUT2D eigenvalue weighted by molar-refractivity contribution is 6.31. The normalized spacial score (nSPS) is 9.82. The highest BCUT2D eigenvalue weighted by Crippen LogP contribution is 2.33. The summed E-state index contributed by atoms with van der Waals surface area (Å²) in [6, 6.07) is 2.51. The predicted molar refractivity (Wildman–Crippen MR) is 60.4 cm³/mol. The summed E-state index contributed by atoms with van der Waals surface area (Å²) in [6.45, 7) is 0. The first-order valence-electron chi connectivity index (χ1n) is 4.57. The number of benzene rings is 1. The number of ether oxygens (including phenoxy) is 2. The Balaban J connectivity index is 3.17. The lowest BCUT2D eigenvalue weighted by Crippen LogP contribution is -2.06. The van der Waals surface area contributed by atoms with Gasteiger partial charge in [-0.2, -0.15) is 0 Å². The van der Waals surface area contributed by atoms with Crippen LogP contribution in [0.15, 0.2) is 12.1 Å². The fourth-order valence-electron chi connectivity index (χ4n) is 1.25. The van der Waals surface area contributed by atoms with Crippen LogP contribution in [-0.2, 0) is 16.0 Å². The third kappa shape index (κ3) is 3.07. The Morgan fingerprint density at radius 1 is 1.47 bits per heavy atom. The van der Waals surface area contributed by atoms with Crippen molar-refractivity contribution in [2.24, 2.45) is 0 Å². The number of halogens is 1. The molecule has 0 radical (unpaired) electrons. The lowest BCUT2D eigenvalue weighted by atomic mass is 10.1. The van der Waals surface area contributed by atoms with Gasteiger partial charge in [0.25, 0.3) is 0 Å². The summed E-state index contributed by atoms with van der Waals surface area (Å²) in [4.78, 5) is 21.2. The molecular formula is C10H10ClNO5. The Morgan fingerprint density at radius 3 is 2.59 bits per heavy atom. The van der Waals surface area contributed by atoms with Crippen LogP contribution in [0.5, 0.6) is 5.75 Å². The molecule has 1 rings (SSSR count). The van der Waals surface area contributed by atoms with E-state index in [-0.39, 0.29) is 22.9 Å². The minimum absolute atomic E-state index is 0.0540. The molecule has 0 saturated heterocycles. The third-order valence-corrected chi connectivity index (χ3v) is 2.46. The zero-order valence-corrected chi connectivity index (χ0v) is 9.98. The average molecular weight is 260 g/mol. The summed E-state index contributed by atoms with van der Waals surface area (Å²) in [5, 5.41) is 10.8. The molecule has 7 heteroatoms. The van der Waals surface area contributed by atoms with Gasteiger partial charge in [-0.05, 0) is 11.6 Å². The first-order valence-corrected chi connectivity index (χ1v) is 4.95. The van der Waals surface area contributed by atoms with Crippen LogP contribution in [0.1, 0.15) is 5.56 Å². The van der Waals surface area contributed by atoms with Gasteiger partial charge in [0.05, 0.1) is 30.6 Å². The van der Waals surface area contributed by atoms with Crippen molar-refractivity contribution in [2.45, 2.75) is 6.42 Å². The minimum atomic E-state index is -0.605. The monoisotopic (exact) mass is 259 g/mol. The van der Waals surface area contributed by atoms with E-state index in [0.29, 0.717) is 5.56 Å². The summed E-state index contributed by atoms with van der Waals surface area (Å²) in [5.74, 6) is -0.430. The highest BCUT2D eigenvalue weighted by atomic mass is 35.5. The largest absolute Gasteiger partial charge is 0.490 e. The molecule has 0 spiro atoms. The Morgan fingerprint density at radius 2 is 2.12 bits per heavy atom. The molecule has 0 unspecified atom stereocenters. The van der Waals surface area contributed by atoms with Gasteiger partial charge < -0.3 is 9.47 Å². The van der Waals surface area contributed by atoms with Crippen molar-refractivity contribution in [2.75, 3.05) is 14.2 Å². The number of hydrogen-bond acceptors (Lipinski definition) is 5. The van der Waals surface area contributed by atoms with Crippen molar-refractivity contribution in [1.29, 1.82) is 0 Å². The molecule has 1 aromatic rings. The van der Waals surface area contributed by atoms with E-state index in [1.807, 2.05) is 0 Å². The molecule has 1 aromatic carbocycles. The molecule has 0 aromatic heterocycles. The lowest BCUT2D eigenvalue weighted by Gasteiger charge is -2.07. The summed E-state index contributed by atoms with van der Waals surface area (Å²) >= 11 is 5.84. The molecule has 0 aliphatic heterocycles. The van der Waals surface area contributed by atoms with Gasteiger partial charge in [-0.15, -0.1) is 0 Å². The lowest BCUT2D eigenvalue weighted by molar-refractivity contribution is -0.385. The Labute approximate surface area is 102 Å². The zero-order valence-electron chi connectivity index (χ0n) is 9.23. The fourth-order valence-corrected chi connectivity index (χ4v) is 1.48. The van der Waals surface area contributed by atoms with Crippen LogP contribution in [0.2, 0.25) is 5.02 Å². The van der Waals surface area contributed by atoms with Crippen molar-refractivity contribution >= 4 is 23.3 Å². The third-order valence-electron chi connectivity index (χ3n) is 2.11. The topological polar surface area (TPSA) is 78.7 Å². The number of hydrogen-bond donors (Lipinski definition) is 0. The van der Waals surface area contributed by atoms with Gasteiger partial charge in [-0.25, -0.2) is 0 Å². The molecule has 0 heterocycles. The van der Waals surface area contributed by atoms with Crippen molar-refractivity contribution in [3.63, 3.8) is 0 Å². The maximum absolute atomic E-state index is 11.1. The molecule has 0 bridgehead atoms. The van der Waals surface area contributed by atoms with E-state index in [4.69, 9.17) is 16.3 Å². The quantitative estimate of drug-likeness (QED) is 0.469. The average Bonchev–Trinajstić information content (AvgIpc) is 2.30. The zero-order chi connectivity index (χ0) is 13.0. The maximum atomic E-state index is 11.1. The maximum Gasteiger partial charge on any atom is 0.312 e. The van der Waals surface area contributed by atoms with Crippen molar-refractivity contribution in [1.82, 2.24) is 0 Å².